The average molecular weight is 326 g/mol. The molecule has 4 nitrogen and oxygen atoms in total. The van der Waals surface area contributed by atoms with Crippen molar-refractivity contribution in [2.24, 2.45) is 0 Å². The van der Waals surface area contributed by atoms with E-state index in [-0.39, 0.29) is 0 Å². The van der Waals surface area contributed by atoms with E-state index >= 15 is 0 Å². The molecule has 0 amide bonds. The first-order valence-electron chi connectivity index (χ1n) is 6.94. The van der Waals surface area contributed by atoms with Crippen LogP contribution >= 0.6 is 24.0 Å². The summed E-state index contributed by atoms with van der Waals surface area (Å²) in [5.41, 5.74) is 1.16. The van der Waals surface area contributed by atoms with E-state index in [1.54, 1.807) is 26.0 Å². The number of methoxy groups -OCH3 is 2. The Morgan fingerprint density at radius 1 is 1.19 bits per heavy atom. The van der Waals surface area contributed by atoms with E-state index in [1.807, 2.05) is 18.4 Å². The van der Waals surface area contributed by atoms with Gasteiger partial charge < -0.3 is 14.4 Å². The number of hydrogen-bond acceptors (Lipinski definition) is 5. The summed E-state index contributed by atoms with van der Waals surface area (Å²) in [6, 6.07) is 5.95. The number of hydrogen-bond donors (Lipinski definition) is 0. The molecule has 1 saturated heterocycles. The van der Waals surface area contributed by atoms with Crippen molar-refractivity contribution in [2.45, 2.75) is 6.54 Å². The number of nitrogens with zero attached hydrogens (tertiary/aromatic N) is 2. The Kier molecular flexibility index (Phi) is 6.14. The molecule has 1 aromatic carbocycles. The van der Waals surface area contributed by atoms with E-state index in [9.17, 15) is 0 Å². The van der Waals surface area contributed by atoms with Gasteiger partial charge in [0, 0.05) is 38.3 Å². The smallest absolute Gasteiger partial charge is 0.136 e. The molecule has 2 rings (SSSR count). The van der Waals surface area contributed by atoms with Crippen molar-refractivity contribution in [3.63, 3.8) is 0 Å². The Bertz CT molecular complexity index is 489. The number of piperazine rings is 1. The van der Waals surface area contributed by atoms with Gasteiger partial charge in [0.25, 0.3) is 0 Å². The second-order valence-corrected chi connectivity index (χ2v) is 6.35. The highest BCUT2D eigenvalue weighted by Gasteiger charge is 2.19. The minimum Gasteiger partial charge on any atom is -0.497 e. The van der Waals surface area contributed by atoms with Crippen LogP contribution in [0.2, 0.25) is 0 Å². The first kappa shape index (κ1) is 16.4. The summed E-state index contributed by atoms with van der Waals surface area (Å²) in [5.74, 6) is 1.78. The van der Waals surface area contributed by atoms with E-state index in [1.165, 1.54) is 0 Å². The lowest BCUT2D eigenvalue weighted by molar-refractivity contribution is 0.177. The molecule has 1 aliphatic heterocycles. The third-order valence-electron chi connectivity index (χ3n) is 3.69. The van der Waals surface area contributed by atoms with Gasteiger partial charge in [-0.2, -0.15) is 0 Å². The summed E-state index contributed by atoms with van der Waals surface area (Å²) in [6.07, 6.45) is 2.04. The molecule has 0 N–H and O–H groups in total. The van der Waals surface area contributed by atoms with Crippen LogP contribution in [0.3, 0.4) is 0 Å². The molecule has 116 valence electrons. The summed E-state index contributed by atoms with van der Waals surface area (Å²) in [4.78, 5) is 4.70. The third-order valence-corrected chi connectivity index (χ3v) is 5.05. The van der Waals surface area contributed by atoms with Gasteiger partial charge in [0.2, 0.25) is 0 Å². The van der Waals surface area contributed by atoms with Gasteiger partial charge in [-0.25, -0.2) is 0 Å². The van der Waals surface area contributed by atoms with Crippen LogP contribution in [0.15, 0.2) is 18.2 Å². The lowest BCUT2D eigenvalue weighted by Crippen LogP contribution is -2.47. The molecule has 0 bridgehead atoms. The Morgan fingerprint density at radius 2 is 1.90 bits per heavy atom. The van der Waals surface area contributed by atoms with Gasteiger partial charge in [-0.15, -0.1) is 11.8 Å². The van der Waals surface area contributed by atoms with Crippen LogP contribution in [0.1, 0.15) is 5.56 Å². The first-order chi connectivity index (χ1) is 10.2. The van der Waals surface area contributed by atoms with E-state index in [2.05, 4.69) is 15.9 Å². The van der Waals surface area contributed by atoms with Crippen LogP contribution in [0.25, 0.3) is 0 Å². The van der Waals surface area contributed by atoms with Gasteiger partial charge in [-0.1, -0.05) is 12.2 Å². The maximum absolute atomic E-state index is 5.45. The van der Waals surface area contributed by atoms with Gasteiger partial charge in [0.1, 0.15) is 15.8 Å². The van der Waals surface area contributed by atoms with E-state index < -0.39 is 0 Å². The summed E-state index contributed by atoms with van der Waals surface area (Å²) < 4.78 is 11.7. The van der Waals surface area contributed by atoms with E-state index in [0.717, 1.165) is 54.1 Å². The van der Waals surface area contributed by atoms with Crippen LogP contribution in [-0.4, -0.2) is 60.8 Å². The number of rotatable bonds is 4. The quantitative estimate of drug-likeness (QED) is 0.788. The molecular formula is C15H22N2O2S2. The summed E-state index contributed by atoms with van der Waals surface area (Å²) in [5, 5.41) is 0. The molecule has 0 aromatic heterocycles. The predicted octanol–water partition coefficient (Wildman–Crippen LogP) is 2.47. The molecule has 0 saturated carbocycles. The molecule has 0 radical (unpaired) electrons. The first-order valence-corrected chi connectivity index (χ1v) is 8.57. The zero-order valence-electron chi connectivity index (χ0n) is 12.8. The molecule has 1 fully saturated rings. The third kappa shape index (κ3) is 4.25. The zero-order valence-corrected chi connectivity index (χ0v) is 14.4. The maximum atomic E-state index is 5.45. The summed E-state index contributed by atoms with van der Waals surface area (Å²) in [7, 11) is 3.40. The molecule has 1 aliphatic rings. The van der Waals surface area contributed by atoms with E-state index in [0.29, 0.717) is 0 Å². The van der Waals surface area contributed by atoms with Crippen molar-refractivity contribution in [1.82, 2.24) is 9.80 Å². The zero-order chi connectivity index (χ0) is 15.2. The van der Waals surface area contributed by atoms with Gasteiger partial charge in [-0.05, 0) is 24.5 Å². The van der Waals surface area contributed by atoms with Crippen LogP contribution in [0, 0.1) is 0 Å². The molecule has 6 heteroatoms. The monoisotopic (exact) mass is 326 g/mol. The van der Waals surface area contributed by atoms with Gasteiger partial charge in [0.15, 0.2) is 0 Å². The Labute approximate surface area is 136 Å². The standard InChI is InChI=1S/C15H22N2O2S2/c1-18-13-4-5-14(19-2)12(10-13)11-16-6-8-17(9-7-16)15(20)21-3/h4-5,10H,6-9,11H2,1-3H3. The van der Waals surface area contributed by atoms with Gasteiger partial charge >= 0.3 is 0 Å². The number of thioether (sulfide) groups is 1. The van der Waals surface area contributed by atoms with Crippen molar-refractivity contribution in [3.05, 3.63) is 23.8 Å². The van der Waals surface area contributed by atoms with Crippen molar-refractivity contribution >= 4 is 28.3 Å². The molecule has 0 atom stereocenters. The number of benzene rings is 1. The van der Waals surface area contributed by atoms with Crippen molar-refractivity contribution in [3.8, 4) is 11.5 Å². The van der Waals surface area contributed by atoms with Crippen LogP contribution < -0.4 is 9.47 Å². The maximum Gasteiger partial charge on any atom is 0.136 e. The van der Waals surface area contributed by atoms with Crippen LogP contribution in [0.4, 0.5) is 0 Å². The van der Waals surface area contributed by atoms with Crippen LogP contribution in [-0.2, 0) is 6.54 Å². The summed E-state index contributed by atoms with van der Waals surface area (Å²) in [6.45, 7) is 4.89. The Hall–Kier alpha value is -0.980. The second kappa shape index (κ2) is 7.87. The molecule has 0 aliphatic carbocycles. The fourth-order valence-corrected chi connectivity index (χ4v) is 3.09. The van der Waals surface area contributed by atoms with Crippen LogP contribution in [0.5, 0.6) is 11.5 Å². The lowest BCUT2D eigenvalue weighted by atomic mass is 10.1. The number of thiocarbonyl (C=S) groups is 1. The minimum atomic E-state index is 0.869. The Morgan fingerprint density at radius 3 is 2.48 bits per heavy atom. The molecular weight excluding hydrogens is 304 g/mol. The number of ether oxygens (including phenoxy) is 2. The topological polar surface area (TPSA) is 24.9 Å². The second-order valence-electron chi connectivity index (χ2n) is 4.91. The van der Waals surface area contributed by atoms with Crippen molar-refractivity contribution in [1.29, 1.82) is 0 Å². The summed E-state index contributed by atoms with van der Waals surface area (Å²) >= 11 is 7.00. The molecule has 0 unspecified atom stereocenters. The fourth-order valence-electron chi connectivity index (χ4n) is 2.46. The Balaban J connectivity index is 1.98. The van der Waals surface area contributed by atoms with Crippen molar-refractivity contribution in [2.75, 3.05) is 46.7 Å². The SMILES string of the molecule is COc1ccc(OC)c(CN2CCN(C(=S)SC)CC2)c1. The molecule has 21 heavy (non-hydrogen) atoms. The largest absolute Gasteiger partial charge is 0.497 e. The average Bonchev–Trinajstić information content (AvgIpc) is 2.54. The predicted molar refractivity (Wildman–Crippen MR) is 92.5 cm³/mol. The van der Waals surface area contributed by atoms with Crippen molar-refractivity contribution < 1.29 is 9.47 Å². The normalized spacial score (nSPS) is 15.9. The highest BCUT2D eigenvalue weighted by molar-refractivity contribution is 8.22. The fraction of sp³-hybridized carbons (Fsp3) is 0.533. The van der Waals surface area contributed by atoms with Gasteiger partial charge in [0.05, 0.1) is 14.2 Å². The molecule has 1 aromatic rings. The highest BCUT2D eigenvalue weighted by Crippen LogP contribution is 2.25. The highest BCUT2D eigenvalue weighted by atomic mass is 32.2. The lowest BCUT2D eigenvalue weighted by Gasteiger charge is -2.35. The molecule has 0 spiro atoms. The van der Waals surface area contributed by atoms with Gasteiger partial charge in [-0.3, -0.25) is 4.90 Å². The minimum absolute atomic E-state index is 0.869. The molecule has 1 heterocycles. The van der Waals surface area contributed by atoms with E-state index in [4.69, 9.17) is 21.7 Å².